The molecule has 0 aliphatic heterocycles. The molecule has 7 heteroatoms. The van der Waals surface area contributed by atoms with E-state index in [2.05, 4.69) is 20.4 Å². The van der Waals surface area contributed by atoms with Gasteiger partial charge < -0.3 is 10.1 Å². The van der Waals surface area contributed by atoms with Gasteiger partial charge >= 0.3 is 6.61 Å². The Balaban J connectivity index is 2.39. The molecule has 0 radical (unpaired) electrons. The highest BCUT2D eigenvalue weighted by molar-refractivity contribution is 5.39. The summed E-state index contributed by atoms with van der Waals surface area (Å²) in [7, 11) is 1.76. The fraction of sp³-hybridized carbons (Fsp3) is 0.429. The predicted molar refractivity (Wildman–Crippen MR) is 74.3 cm³/mol. The summed E-state index contributed by atoms with van der Waals surface area (Å²) in [4.78, 5) is 0. The van der Waals surface area contributed by atoms with Crippen LogP contribution in [-0.2, 0) is 6.54 Å². The number of aryl methyl sites for hydroxylation is 1. The largest absolute Gasteiger partial charge is 0.434 e. The number of hydrogen-bond acceptors (Lipinski definition) is 4. The van der Waals surface area contributed by atoms with Crippen LogP contribution in [0.1, 0.15) is 30.6 Å². The molecule has 0 saturated heterocycles. The van der Waals surface area contributed by atoms with Crippen LogP contribution in [-0.4, -0.2) is 28.7 Å². The van der Waals surface area contributed by atoms with Crippen LogP contribution >= 0.6 is 0 Å². The lowest BCUT2D eigenvalue weighted by Gasteiger charge is -2.20. The van der Waals surface area contributed by atoms with Crippen LogP contribution in [0, 0.1) is 0 Å². The second kappa shape index (κ2) is 7.12. The third-order valence-electron chi connectivity index (χ3n) is 3.11. The first kappa shape index (κ1) is 15.4. The molecule has 0 saturated carbocycles. The Morgan fingerprint density at radius 1 is 1.33 bits per heavy atom. The first-order valence-corrected chi connectivity index (χ1v) is 6.76. The lowest BCUT2D eigenvalue weighted by molar-refractivity contribution is -0.0506. The first-order chi connectivity index (χ1) is 10.2. The molecule has 1 aromatic heterocycles. The smallest absolute Gasteiger partial charge is 0.387 e. The zero-order chi connectivity index (χ0) is 15.2. The molecule has 0 bridgehead atoms. The van der Waals surface area contributed by atoms with E-state index in [1.165, 1.54) is 6.07 Å². The molecule has 2 rings (SSSR count). The van der Waals surface area contributed by atoms with E-state index in [4.69, 9.17) is 0 Å². The third kappa shape index (κ3) is 3.55. The summed E-state index contributed by atoms with van der Waals surface area (Å²) in [6, 6.07) is 6.41. The number of benzene rings is 1. The van der Waals surface area contributed by atoms with Crippen LogP contribution in [0.4, 0.5) is 8.78 Å². The topological polar surface area (TPSA) is 52.0 Å². The van der Waals surface area contributed by atoms with Crippen LogP contribution in [0.3, 0.4) is 0 Å². The van der Waals surface area contributed by atoms with Gasteiger partial charge in [0.05, 0.1) is 17.9 Å². The minimum atomic E-state index is -2.86. The number of nitrogens with one attached hydrogen (secondary N) is 1. The molecule has 1 aromatic carbocycles. The number of para-hydroxylation sites is 1. The Hall–Kier alpha value is -2.02. The van der Waals surface area contributed by atoms with Gasteiger partial charge in [-0.3, -0.25) is 0 Å². The molecule has 0 amide bonds. The van der Waals surface area contributed by atoms with Gasteiger partial charge in [-0.2, -0.15) is 8.78 Å². The van der Waals surface area contributed by atoms with Crippen molar-refractivity contribution in [2.24, 2.45) is 0 Å². The van der Waals surface area contributed by atoms with Crippen LogP contribution in [0.25, 0.3) is 0 Å². The van der Waals surface area contributed by atoms with Crippen molar-refractivity contribution in [1.29, 1.82) is 0 Å². The number of aromatic nitrogens is 3. The van der Waals surface area contributed by atoms with Gasteiger partial charge in [-0.1, -0.05) is 30.3 Å². The molecule has 0 spiro atoms. The molecule has 21 heavy (non-hydrogen) atoms. The molecular weight excluding hydrogens is 278 g/mol. The quantitative estimate of drug-likeness (QED) is 0.853. The van der Waals surface area contributed by atoms with Gasteiger partial charge in [0.15, 0.2) is 0 Å². The fourth-order valence-electron chi connectivity index (χ4n) is 2.26. The minimum absolute atomic E-state index is 0.149. The van der Waals surface area contributed by atoms with Gasteiger partial charge in [-0.15, -0.1) is 5.10 Å². The maximum Gasteiger partial charge on any atom is 0.387 e. The zero-order valence-corrected chi connectivity index (χ0v) is 12.0. The zero-order valence-electron chi connectivity index (χ0n) is 12.0. The molecule has 0 aliphatic carbocycles. The maximum absolute atomic E-state index is 12.5. The summed E-state index contributed by atoms with van der Waals surface area (Å²) in [5.74, 6) is 0.149. The number of rotatable bonds is 7. The highest BCUT2D eigenvalue weighted by Crippen LogP contribution is 2.30. The van der Waals surface area contributed by atoms with Gasteiger partial charge in [0, 0.05) is 12.1 Å². The van der Waals surface area contributed by atoms with Gasteiger partial charge in [-0.05, 0) is 19.5 Å². The number of halogens is 2. The van der Waals surface area contributed by atoms with Crippen molar-refractivity contribution >= 4 is 0 Å². The lowest BCUT2D eigenvalue weighted by atomic mass is 10.0. The van der Waals surface area contributed by atoms with Gasteiger partial charge in [0.2, 0.25) is 0 Å². The Morgan fingerprint density at radius 3 is 2.76 bits per heavy atom. The molecule has 1 unspecified atom stereocenters. The van der Waals surface area contributed by atoms with Gasteiger partial charge in [0.25, 0.3) is 0 Å². The third-order valence-corrected chi connectivity index (χ3v) is 3.11. The summed E-state index contributed by atoms with van der Waals surface area (Å²) in [6.07, 6.45) is 2.54. The highest BCUT2D eigenvalue weighted by Gasteiger charge is 2.22. The van der Waals surface area contributed by atoms with E-state index in [1.807, 2.05) is 6.92 Å². The molecule has 2 aromatic rings. The normalized spacial score (nSPS) is 12.6. The van der Waals surface area contributed by atoms with Crippen molar-refractivity contribution in [3.63, 3.8) is 0 Å². The molecule has 1 N–H and O–H groups in total. The molecule has 0 aliphatic rings. The van der Waals surface area contributed by atoms with E-state index in [9.17, 15) is 8.78 Å². The first-order valence-electron chi connectivity index (χ1n) is 6.76. The van der Waals surface area contributed by atoms with Crippen molar-refractivity contribution in [3.05, 3.63) is 41.7 Å². The van der Waals surface area contributed by atoms with Gasteiger partial charge in [0.1, 0.15) is 5.75 Å². The fourth-order valence-corrected chi connectivity index (χ4v) is 2.26. The van der Waals surface area contributed by atoms with Crippen molar-refractivity contribution < 1.29 is 13.5 Å². The van der Waals surface area contributed by atoms with Crippen molar-refractivity contribution in [1.82, 2.24) is 20.3 Å². The van der Waals surface area contributed by atoms with E-state index in [0.717, 1.165) is 12.1 Å². The molecule has 5 nitrogen and oxygen atoms in total. The summed E-state index contributed by atoms with van der Waals surface area (Å²) in [6.45, 7) is -0.110. The number of alkyl halides is 2. The molecular formula is C14H18F2N4O. The maximum atomic E-state index is 12.5. The van der Waals surface area contributed by atoms with E-state index in [0.29, 0.717) is 12.1 Å². The van der Waals surface area contributed by atoms with Crippen molar-refractivity contribution in [2.75, 3.05) is 7.05 Å². The predicted octanol–water partition coefficient (Wildman–Crippen LogP) is 2.60. The highest BCUT2D eigenvalue weighted by atomic mass is 19.3. The lowest BCUT2D eigenvalue weighted by Crippen LogP contribution is -2.22. The Labute approximate surface area is 121 Å². The van der Waals surface area contributed by atoms with Crippen LogP contribution < -0.4 is 10.1 Å². The molecule has 0 fully saturated rings. The molecule has 114 valence electrons. The van der Waals surface area contributed by atoms with Crippen molar-refractivity contribution in [3.8, 4) is 5.75 Å². The second-order valence-corrected chi connectivity index (χ2v) is 4.52. The van der Waals surface area contributed by atoms with E-state index >= 15 is 0 Å². The van der Waals surface area contributed by atoms with E-state index < -0.39 is 6.61 Å². The second-order valence-electron chi connectivity index (χ2n) is 4.52. The SMILES string of the molecule is CCCn1nncc1C(NC)c1ccccc1OC(F)F. The monoisotopic (exact) mass is 296 g/mol. The van der Waals surface area contributed by atoms with Crippen molar-refractivity contribution in [2.45, 2.75) is 32.5 Å². The Kier molecular flexibility index (Phi) is 5.21. The average Bonchev–Trinajstić information content (AvgIpc) is 2.90. The number of hydrogen-bond donors (Lipinski definition) is 1. The summed E-state index contributed by atoms with van der Waals surface area (Å²) >= 11 is 0. The standard InChI is InChI=1S/C14H18F2N4O/c1-3-8-20-11(9-18-19-20)13(17-2)10-6-4-5-7-12(10)21-14(15)16/h4-7,9,13-14,17H,3,8H2,1-2H3. The molecule has 1 atom stereocenters. The summed E-state index contributed by atoms with van der Waals surface area (Å²) < 4.78 is 31.4. The van der Waals surface area contributed by atoms with E-state index in [-0.39, 0.29) is 11.8 Å². The number of nitrogens with zero attached hydrogens (tertiary/aromatic N) is 3. The Bertz CT molecular complexity index is 574. The van der Waals surface area contributed by atoms with Gasteiger partial charge in [-0.25, -0.2) is 4.68 Å². The van der Waals surface area contributed by atoms with Crippen LogP contribution in [0.5, 0.6) is 5.75 Å². The Morgan fingerprint density at radius 2 is 2.10 bits per heavy atom. The average molecular weight is 296 g/mol. The number of ether oxygens (including phenoxy) is 1. The minimum Gasteiger partial charge on any atom is -0.434 e. The summed E-state index contributed by atoms with van der Waals surface area (Å²) in [5, 5.41) is 11.0. The summed E-state index contributed by atoms with van der Waals surface area (Å²) in [5.41, 5.74) is 1.43. The molecule has 1 heterocycles. The van der Waals surface area contributed by atoms with Crippen LogP contribution in [0.15, 0.2) is 30.5 Å². The van der Waals surface area contributed by atoms with Crippen LogP contribution in [0.2, 0.25) is 0 Å². The van der Waals surface area contributed by atoms with E-state index in [1.54, 1.807) is 36.1 Å².